The summed E-state index contributed by atoms with van der Waals surface area (Å²) in [5.41, 5.74) is -0.781. The minimum absolute atomic E-state index is 0.0277. The van der Waals surface area contributed by atoms with Gasteiger partial charge < -0.3 is 9.84 Å². The number of hydrogen-bond acceptors (Lipinski definition) is 5. The number of hydrogen-bond donors (Lipinski definition) is 1. The van der Waals surface area contributed by atoms with Crippen LogP contribution in [0.4, 0.5) is 8.78 Å². The van der Waals surface area contributed by atoms with E-state index in [4.69, 9.17) is 4.74 Å². The molecule has 6 nitrogen and oxygen atoms in total. The van der Waals surface area contributed by atoms with Crippen LogP contribution in [-0.2, 0) is 6.54 Å². The van der Waals surface area contributed by atoms with Crippen LogP contribution in [0.25, 0.3) is 0 Å². The first-order valence-electron chi connectivity index (χ1n) is 9.30. The maximum absolute atomic E-state index is 13.2. The summed E-state index contributed by atoms with van der Waals surface area (Å²) in [4.78, 5) is 25.8. The second-order valence-electron chi connectivity index (χ2n) is 6.91. The molecule has 0 aliphatic carbocycles. The van der Waals surface area contributed by atoms with Crippen LogP contribution < -0.4 is 10.3 Å². The first-order valence-corrected chi connectivity index (χ1v) is 9.30. The summed E-state index contributed by atoms with van der Waals surface area (Å²) in [6.07, 6.45) is -1.10. The van der Waals surface area contributed by atoms with Gasteiger partial charge in [0.15, 0.2) is 6.10 Å². The van der Waals surface area contributed by atoms with Crippen molar-refractivity contribution in [2.45, 2.75) is 26.5 Å². The molecule has 1 unspecified atom stereocenters. The Morgan fingerprint density at radius 2 is 1.68 bits per heavy atom. The predicted octanol–water partition coefficient (Wildman–Crippen LogP) is 3.71. The second kappa shape index (κ2) is 8.79. The SMILES string of the molecule is Cc1c(C(=O)C(C)Oc2ccc(F)cc2)c(O)n(Cc2ccc(F)cc2)c(=O)c1C#N. The molecule has 0 saturated heterocycles. The van der Waals surface area contributed by atoms with Gasteiger partial charge in [0.2, 0.25) is 11.7 Å². The van der Waals surface area contributed by atoms with E-state index < -0.39 is 35.0 Å². The van der Waals surface area contributed by atoms with E-state index in [1.54, 1.807) is 6.07 Å². The summed E-state index contributed by atoms with van der Waals surface area (Å²) < 4.78 is 32.7. The van der Waals surface area contributed by atoms with Gasteiger partial charge in [-0.2, -0.15) is 5.26 Å². The molecule has 0 radical (unpaired) electrons. The molecular formula is C23H18F2N2O4. The number of nitriles is 1. The lowest BCUT2D eigenvalue weighted by Gasteiger charge is -2.19. The molecule has 3 rings (SSSR count). The van der Waals surface area contributed by atoms with Crippen LogP contribution in [-0.4, -0.2) is 21.6 Å². The minimum Gasteiger partial charge on any atom is -0.494 e. The number of nitrogens with zero attached hydrogens (tertiary/aromatic N) is 2. The summed E-state index contributed by atoms with van der Waals surface area (Å²) in [5.74, 6) is -1.98. The normalized spacial score (nSPS) is 11.6. The Kier molecular flexibility index (Phi) is 6.16. The van der Waals surface area contributed by atoms with Gasteiger partial charge in [-0.1, -0.05) is 12.1 Å². The van der Waals surface area contributed by atoms with Crippen LogP contribution in [0.5, 0.6) is 11.6 Å². The van der Waals surface area contributed by atoms with Gasteiger partial charge in [-0.3, -0.25) is 14.2 Å². The van der Waals surface area contributed by atoms with Gasteiger partial charge in [0.25, 0.3) is 5.56 Å². The van der Waals surface area contributed by atoms with E-state index in [-0.39, 0.29) is 29.0 Å². The molecule has 31 heavy (non-hydrogen) atoms. The number of aromatic nitrogens is 1. The van der Waals surface area contributed by atoms with E-state index in [9.17, 15) is 28.7 Å². The lowest BCUT2D eigenvalue weighted by Crippen LogP contribution is -2.31. The molecule has 8 heteroatoms. The summed E-state index contributed by atoms with van der Waals surface area (Å²) in [7, 11) is 0. The topological polar surface area (TPSA) is 92.3 Å². The number of benzene rings is 2. The van der Waals surface area contributed by atoms with Crippen molar-refractivity contribution < 1.29 is 23.4 Å². The Balaban J connectivity index is 2.03. The zero-order chi connectivity index (χ0) is 22.7. The number of halogens is 2. The third-order valence-corrected chi connectivity index (χ3v) is 4.80. The van der Waals surface area contributed by atoms with Crippen molar-refractivity contribution >= 4 is 5.78 Å². The zero-order valence-corrected chi connectivity index (χ0v) is 16.7. The van der Waals surface area contributed by atoms with E-state index in [0.717, 1.165) is 4.57 Å². The number of aromatic hydroxyl groups is 1. The van der Waals surface area contributed by atoms with Gasteiger partial charge in [-0.05, 0) is 61.4 Å². The maximum atomic E-state index is 13.2. The van der Waals surface area contributed by atoms with E-state index >= 15 is 0 Å². The fraction of sp³-hybridized carbons (Fsp3) is 0.174. The Morgan fingerprint density at radius 3 is 2.23 bits per heavy atom. The first-order chi connectivity index (χ1) is 14.7. The minimum atomic E-state index is -1.10. The summed E-state index contributed by atoms with van der Waals surface area (Å²) in [6.45, 7) is 2.65. The number of ether oxygens (including phenoxy) is 1. The third kappa shape index (κ3) is 4.46. The Hall–Kier alpha value is -3.99. The lowest BCUT2D eigenvalue weighted by atomic mass is 9.99. The van der Waals surface area contributed by atoms with Crippen LogP contribution in [0.1, 0.15) is 34.0 Å². The molecule has 0 aliphatic heterocycles. The Labute approximate surface area is 176 Å². The molecule has 158 valence electrons. The number of carbonyl (C=O) groups is 1. The van der Waals surface area contributed by atoms with Crippen LogP contribution >= 0.6 is 0 Å². The van der Waals surface area contributed by atoms with Gasteiger partial charge in [0.1, 0.15) is 29.0 Å². The average molecular weight is 424 g/mol. The number of rotatable bonds is 6. The highest BCUT2D eigenvalue weighted by Gasteiger charge is 2.28. The highest BCUT2D eigenvalue weighted by molar-refractivity contribution is 6.03. The number of Topliss-reactive ketones (excluding diaryl/α,β-unsaturated/α-hetero) is 1. The monoisotopic (exact) mass is 424 g/mol. The Morgan fingerprint density at radius 1 is 1.13 bits per heavy atom. The highest BCUT2D eigenvalue weighted by atomic mass is 19.1. The van der Waals surface area contributed by atoms with Crippen LogP contribution in [0.2, 0.25) is 0 Å². The molecule has 1 atom stereocenters. The van der Waals surface area contributed by atoms with E-state index in [2.05, 4.69) is 0 Å². The molecule has 0 fully saturated rings. The number of pyridine rings is 1. The van der Waals surface area contributed by atoms with Crippen molar-refractivity contribution in [3.8, 4) is 17.7 Å². The smallest absolute Gasteiger partial charge is 0.271 e. The maximum Gasteiger partial charge on any atom is 0.271 e. The van der Waals surface area contributed by atoms with Gasteiger partial charge in [-0.25, -0.2) is 8.78 Å². The Bertz CT molecular complexity index is 1230. The molecule has 3 aromatic rings. The van der Waals surface area contributed by atoms with Gasteiger partial charge >= 0.3 is 0 Å². The van der Waals surface area contributed by atoms with E-state index in [1.165, 1.54) is 62.4 Å². The predicted molar refractivity (Wildman–Crippen MR) is 108 cm³/mol. The van der Waals surface area contributed by atoms with E-state index in [1.807, 2.05) is 0 Å². The van der Waals surface area contributed by atoms with Gasteiger partial charge in [0, 0.05) is 0 Å². The van der Waals surface area contributed by atoms with Crippen molar-refractivity contribution in [1.29, 1.82) is 5.26 Å². The molecule has 0 amide bonds. The van der Waals surface area contributed by atoms with Crippen molar-refractivity contribution in [3.63, 3.8) is 0 Å². The van der Waals surface area contributed by atoms with Gasteiger partial charge in [-0.15, -0.1) is 0 Å². The number of ketones is 1. The van der Waals surface area contributed by atoms with Crippen molar-refractivity contribution in [2.24, 2.45) is 0 Å². The van der Waals surface area contributed by atoms with Crippen LogP contribution in [0.15, 0.2) is 53.3 Å². The second-order valence-corrected chi connectivity index (χ2v) is 6.91. The lowest BCUT2D eigenvalue weighted by molar-refractivity contribution is 0.0812. The van der Waals surface area contributed by atoms with Crippen molar-refractivity contribution in [1.82, 2.24) is 4.57 Å². The third-order valence-electron chi connectivity index (χ3n) is 4.80. The van der Waals surface area contributed by atoms with Crippen molar-refractivity contribution in [3.05, 3.63) is 92.8 Å². The number of carbonyl (C=O) groups excluding carboxylic acids is 1. The van der Waals surface area contributed by atoms with Crippen LogP contribution in [0, 0.1) is 29.9 Å². The molecule has 1 N–H and O–H groups in total. The standard InChI is InChI=1S/C23H18F2N2O4/c1-13-19(11-26)22(29)27(12-15-3-5-16(24)6-4-15)23(30)20(13)21(28)14(2)31-18-9-7-17(25)8-10-18/h3-10,14,30H,12H2,1-2H3. The summed E-state index contributed by atoms with van der Waals surface area (Å²) in [5, 5.41) is 20.2. The molecule has 0 spiro atoms. The summed E-state index contributed by atoms with van der Waals surface area (Å²) >= 11 is 0. The molecule has 0 aliphatic rings. The quantitative estimate of drug-likeness (QED) is 0.609. The van der Waals surface area contributed by atoms with E-state index in [0.29, 0.717) is 5.56 Å². The first kappa shape index (κ1) is 21.7. The highest BCUT2D eigenvalue weighted by Crippen LogP contribution is 2.25. The average Bonchev–Trinajstić information content (AvgIpc) is 2.74. The summed E-state index contributed by atoms with van der Waals surface area (Å²) in [6, 6.07) is 12.1. The molecule has 1 aromatic heterocycles. The molecular weight excluding hydrogens is 406 g/mol. The van der Waals surface area contributed by atoms with Gasteiger partial charge in [0.05, 0.1) is 12.1 Å². The molecule has 0 bridgehead atoms. The van der Waals surface area contributed by atoms with Crippen molar-refractivity contribution in [2.75, 3.05) is 0 Å². The largest absolute Gasteiger partial charge is 0.494 e. The fourth-order valence-corrected chi connectivity index (χ4v) is 3.14. The molecule has 0 saturated carbocycles. The van der Waals surface area contributed by atoms with Crippen LogP contribution in [0.3, 0.4) is 0 Å². The zero-order valence-electron chi connectivity index (χ0n) is 16.7. The fourth-order valence-electron chi connectivity index (χ4n) is 3.14. The molecule has 1 heterocycles. The molecule has 2 aromatic carbocycles.